The summed E-state index contributed by atoms with van der Waals surface area (Å²) in [7, 11) is 1.77. The Bertz CT molecular complexity index is 976. The van der Waals surface area contributed by atoms with Crippen LogP contribution in [-0.4, -0.2) is 34.3 Å². The molecule has 0 bridgehead atoms. The maximum absolute atomic E-state index is 12.8. The molecule has 6 nitrogen and oxygen atoms in total. The van der Waals surface area contributed by atoms with E-state index in [1.165, 1.54) is 0 Å². The van der Waals surface area contributed by atoms with E-state index in [0.29, 0.717) is 18.0 Å². The van der Waals surface area contributed by atoms with Gasteiger partial charge in [0.2, 0.25) is 0 Å². The van der Waals surface area contributed by atoms with E-state index in [4.69, 9.17) is 4.74 Å². The lowest BCUT2D eigenvalue weighted by Gasteiger charge is -2.18. The van der Waals surface area contributed by atoms with Gasteiger partial charge in [0, 0.05) is 31.0 Å². The number of aryl methyl sites for hydroxylation is 2. The molecule has 0 radical (unpaired) electrons. The molecule has 0 unspecified atom stereocenters. The predicted octanol–water partition coefficient (Wildman–Crippen LogP) is 3.10. The Morgan fingerprint density at radius 2 is 2.04 bits per heavy atom. The molecule has 26 heavy (non-hydrogen) atoms. The highest BCUT2D eigenvalue weighted by molar-refractivity contribution is 6.05. The van der Waals surface area contributed by atoms with Crippen LogP contribution in [0.5, 0.6) is 5.75 Å². The molecule has 0 fully saturated rings. The average Bonchev–Trinajstić information content (AvgIpc) is 3.25. The molecule has 1 amide bonds. The van der Waals surface area contributed by atoms with Gasteiger partial charge in [-0.05, 0) is 55.8 Å². The summed E-state index contributed by atoms with van der Waals surface area (Å²) >= 11 is 0. The minimum absolute atomic E-state index is 0.101. The average molecular weight is 348 g/mol. The number of fused-ring (bicyclic) bond motifs is 1. The van der Waals surface area contributed by atoms with Crippen LogP contribution in [0.3, 0.4) is 0 Å². The zero-order chi connectivity index (χ0) is 18.3. The van der Waals surface area contributed by atoms with E-state index in [-0.39, 0.29) is 5.91 Å². The third-order valence-corrected chi connectivity index (χ3v) is 4.59. The van der Waals surface area contributed by atoms with Crippen molar-refractivity contribution in [1.29, 1.82) is 0 Å². The molecule has 4 rings (SSSR count). The number of pyridine rings is 1. The second-order valence-corrected chi connectivity index (χ2v) is 6.50. The number of benzene rings is 1. The van der Waals surface area contributed by atoms with E-state index in [1.807, 2.05) is 44.2 Å². The first kappa shape index (κ1) is 16.3. The monoisotopic (exact) mass is 348 g/mol. The Balaban J connectivity index is 1.57. The van der Waals surface area contributed by atoms with Gasteiger partial charge in [0.15, 0.2) is 5.82 Å². The van der Waals surface area contributed by atoms with Gasteiger partial charge in [0.05, 0.1) is 17.9 Å². The topological polar surface area (TPSA) is 60.2 Å². The molecule has 1 aromatic carbocycles. The third-order valence-electron chi connectivity index (χ3n) is 4.59. The first-order valence-electron chi connectivity index (χ1n) is 8.56. The minimum atomic E-state index is -0.101. The second kappa shape index (κ2) is 6.29. The lowest BCUT2D eigenvalue weighted by atomic mass is 10.1. The molecule has 0 saturated heterocycles. The first-order chi connectivity index (χ1) is 12.5. The van der Waals surface area contributed by atoms with Crippen LogP contribution in [0.25, 0.3) is 5.82 Å². The highest BCUT2D eigenvalue weighted by atomic mass is 16.5. The number of hydrogen-bond donors (Lipinski definition) is 0. The summed E-state index contributed by atoms with van der Waals surface area (Å²) < 4.78 is 7.29. The normalized spacial score (nSPS) is 12.6. The molecular formula is C20H20N4O2. The summed E-state index contributed by atoms with van der Waals surface area (Å²) in [6.45, 7) is 4.62. The fourth-order valence-electron chi connectivity index (χ4n) is 3.19. The smallest absolute Gasteiger partial charge is 0.259 e. The summed E-state index contributed by atoms with van der Waals surface area (Å²) in [5.41, 5.74) is 4.47. The van der Waals surface area contributed by atoms with Gasteiger partial charge in [0.1, 0.15) is 5.75 Å². The fraction of sp³-hybridized carbons (Fsp3) is 0.250. The van der Waals surface area contributed by atoms with Crippen molar-refractivity contribution in [1.82, 2.24) is 14.8 Å². The van der Waals surface area contributed by atoms with Crippen LogP contribution in [0.2, 0.25) is 0 Å². The van der Waals surface area contributed by atoms with Gasteiger partial charge in [-0.25, -0.2) is 9.67 Å². The van der Waals surface area contributed by atoms with Gasteiger partial charge in [-0.2, -0.15) is 5.10 Å². The second-order valence-electron chi connectivity index (χ2n) is 6.50. The number of carbonyl (C=O) groups excluding carboxylic acids is 1. The van der Waals surface area contributed by atoms with Gasteiger partial charge in [-0.3, -0.25) is 4.79 Å². The molecule has 0 saturated carbocycles. The maximum atomic E-state index is 12.8. The quantitative estimate of drug-likeness (QED) is 0.730. The van der Waals surface area contributed by atoms with Crippen LogP contribution in [0, 0.1) is 13.8 Å². The van der Waals surface area contributed by atoms with E-state index in [1.54, 1.807) is 28.9 Å². The van der Waals surface area contributed by atoms with Crippen LogP contribution in [0.15, 0.2) is 42.6 Å². The lowest BCUT2D eigenvalue weighted by molar-refractivity contribution is 0.0992. The molecule has 1 aliphatic heterocycles. The number of ether oxygens (including phenoxy) is 1. The molecule has 1 aliphatic rings. The summed E-state index contributed by atoms with van der Waals surface area (Å²) in [6.07, 6.45) is 2.48. The number of hydrogen-bond acceptors (Lipinski definition) is 4. The standard InChI is InChI=1S/C20H20N4O2/c1-13-10-14(2)24(22-13)19-7-4-16(12-21-19)20(25)23(3)17-5-6-18-15(11-17)8-9-26-18/h4-7,10-12H,8-9H2,1-3H3. The van der Waals surface area contributed by atoms with E-state index in [9.17, 15) is 4.79 Å². The molecule has 3 aromatic rings. The van der Waals surface area contributed by atoms with Crippen molar-refractivity contribution in [2.45, 2.75) is 20.3 Å². The molecule has 0 atom stereocenters. The predicted molar refractivity (Wildman–Crippen MR) is 99.2 cm³/mol. The van der Waals surface area contributed by atoms with Gasteiger partial charge in [-0.15, -0.1) is 0 Å². The Hall–Kier alpha value is -3.15. The number of nitrogens with zero attached hydrogens (tertiary/aromatic N) is 4. The molecule has 0 spiro atoms. The third kappa shape index (κ3) is 2.83. The van der Waals surface area contributed by atoms with E-state index in [2.05, 4.69) is 10.1 Å². The van der Waals surface area contributed by atoms with Crippen molar-refractivity contribution < 1.29 is 9.53 Å². The van der Waals surface area contributed by atoms with Crippen LogP contribution in [0.4, 0.5) is 5.69 Å². The largest absolute Gasteiger partial charge is 0.493 e. The van der Waals surface area contributed by atoms with Crippen molar-refractivity contribution in [3.63, 3.8) is 0 Å². The van der Waals surface area contributed by atoms with E-state index >= 15 is 0 Å². The molecule has 0 N–H and O–H groups in total. The Morgan fingerprint density at radius 1 is 1.19 bits per heavy atom. The Morgan fingerprint density at radius 3 is 2.73 bits per heavy atom. The first-order valence-corrected chi connectivity index (χ1v) is 8.56. The highest BCUT2D eigenvalue weighted by Gasteiger charge is 2.18. The van der Waals surface area contributed by atoms with Gasteiger partial charge >= 0.3 is 0 Å². The summed E-state index contributed by atoms with van der Waals surface area (Å²) in [6, 6.07) is 11.4. The van der Waals surface area contributed by atoms with Crippen molar-refractivity contribution in [2.24, 2.45) is 0 Å². The Kier molecular flexibility index (Phi) is 3.95. The van der Waals surface area contributed by atoms with Gasteiger partial charge in [0.25, 0.3) is 5.91 Å². The van der Waals surface area contributed by atoms with Crippen molar-refractivity contribution in [3.8, 4) is 11.6 Å². The number of rotatable bonds is 3. The highest BCUT2D eigenvalue weighted by Crippen LogP contribution is 2.29. The van der Waals surface area contributed by atoms with Crippen molar-refractivity contribution in [3.05, 3.63) is 65.1 Å². The van der Waals surface area contributed by atoms with Crippen LogP contribution in [0.1, 0.15) is 27.3 Å². The summed E-state index contributed by atoms with van der Waals surface area (Å²) in [5.74, 6) is 1.51. The molecule has 2 aromatic heterocycles. The lowest BCUT2D eigenvalue weighted by Crippen LogP contribution is -2.26. The minimum Gasteiger partial charge on any atom is -0.493 e. The van der Waals surface area contributed by atoms with Crippen molar-refractivity contribution >= 4 is 11.6 Å². The molecule has 132 valence electrons. The van der Waals surface area contributed by atoms with Crippen LogP contribution >= 0.6 is 0 Å². The van der Waals surface area contributed by atoms with Crippen molar-refractivity contribution in [2.75, 3.05) is 18.6 Å². The number of aromatic nitrogens is 3. The maximum Gasteiger partial charge on any atom is 0.259 e. The van der Waals surface area contributed by atoms with Crippen LogP contribution < -0.4 is 9.64 Å². The van der Waals surface area contributed by atoms with Gasteiger partial charge < -0.3 is 9.64 Å². The van der Waals surface area contributed by atoms with Crippen LogP contribution in [-0.2, 0) is 6.42 Å². The summed E-state index contributed by atoms with van der Waals surface area (Å²) in [5, 5.41) is 4.42. The van der Waals surface area contributed by atoms with Gasteiger partial charge in [-0.1, -0.05) is 0 Å². The summed E-state index contributed by atoms with van der Waals surface area (Å²) in [4.78, 5) is 18.8. The SMILES string of the molecule is Cc1cc(C)n(-c2ccc(C(=O)N(C)c3ccc4c(c3)CCO4)cn2)n1. The van der Waals surface area contributed by atoms with E-state index in [0.717, 1.165) is 34.8 Å². The zero-order valence-electron chi connectivity index (χ0n) is 15.1. The Labute approximate surface area is 152 Å². The van der Waals surface area contributed by atoms with E-state index < -0.39 is 0 Å². The molecular weight excluding hydrogens is 328 g/mol. The molecule has 6 heteroatoms. The number of amides is 1. The molecule has 0 aliphatic carbocycles. The fourth-order valence-corrected chi connectivity index (χ4v) is 3.19. The zero-order valence-corrected chi connectivity index (χ0v) is 15.1. The molecule has 3 heterocycles. The number of anilines is 1. The number of carbonyl (C=O) groups is 1.